The summed E-state index contributed by atoms with van der Waals surface area (Å²) in [5.74, 6) is 0. The Morgan fingerprint density at radius 1 is 1.35 bits per heavy atom. The molecule has 2 amide bonds. The Balaban J connectivity index is 2.58. The first-order valence-corrected chi connectivity index (χ1v) is 6.69. The molecular weight excluding hydrogens is 234 g/mol. The summed E-state index contributed by atoms with van der Waals surface area (Å²) < 4.78 is 0. The third kappa shape index (κ3) is 3.09. The van der Waals surface area contributed by atoms with Crippen LogP contribution >= 0.6 is 12.2 Å². The first kappa shape index (κ1) is 14.2. The molecule has 0 aromatic heterocycles. The van der Waals surface area contributed by atoms with E-state index in [0.717, 1.165) is 39.0 Å². The van der Waals surface area contributed by atoms with Gasteiger partial charge < -0.3 is 15.5 Å². The maximum atomic E-state index is 12.1. The van der Waals surface area contributed by atoms with Crippen molar-refractivity contribution < 1.29 is 4.79 Å². The van der Waals surface area contributed by atoms with E-state index in [1.54, 1.807) is 0 Å². The summed E-state index contributed by atoms with van der Waals surface area (Å²) >= 11 is 5.09. The maximum absolute atomic E-state index is 12.1. The van der Waals surface area contributed by atoms with Crippen LogP contribution in [0.2, 0.25) is 0 Å². The average Bonchev–Trinajstić information content (AvgIpc) is 2.31. The van der Waals surface area contributed by atoms with Gasteiger partial charge in [0.05, 0.1) is 4.99 Å². The second-order valence-corrected chi connectivity index (χ2v) is 5.31. The molecule has 1 heterocycles. The van der Waals surface area contributed by atoms with Crippen molar-refractivity contribution >= 4 is 23.2 Å². The van der Waals surface area contributed by atoms with Gasteiger partial charge in [0.25, 0.3) is 0 Å². The molecule has 0 aliphatic carbocycles. The fraction of sp³-hybridized carbons (Fsp3) is 0.833. The van der Waals surface area contributed by atoms with Crippen molar-refractivity contribution in [2.24, 2.45) is 11.1 Å². The molecular formula is C12H23N3OS. The smallest absolute Gasteiger partial charge is 0.319 e. The van der Waals surface area contributed by atoms with E-state index in [9.17, 15) is 4.79 Å². The Kier molecular flexibility index (Phi) is 4.74. The minimum atomic E-state index is -0.0740. The SMILES string of the molecule is CCN(CC)C(=O)N1CCC(C)(C(N)=S)CC1. The fourth-order valence-electron chi connectivity index (χ4n) is 2.13. The molecule has 0 radical (unpaired) electrons. The molecule has 1 fully saturated rings. The van der Waals surface area contributed by atoms with E-state index >= 15 is 0 Å². The predicted molar refractivity (Wildman–Crippen MR) is 74.0 cm³/mol. The second kappa shape index (κ2) is 5.67. The quantitative estimate of drug-likeness (QED) is 0.785. The molecule has 1 aliphatic rings. The third-order valence-electron chi connectivity index (χ3n) is 3.77. The van der Waals surface area contributed by atoms with Crippen LogP contribution in [-0.4, -0.2) is 47.0 Å². The Bertz CT molecular complexity index is 294. The molecule has 0 saturated carbocycles. The van der Waals surface area contributed by atoms with E-state index in [1.807, 2.05) is 23.6 Å². The number of amides is 2. The van der Waals surface area contributed by atoms with E-state index in [0.29, 0.717) is 4.99 Å². The zero-order chi connectivity index (χ0) is 13.1. The third-order valence-corrected chi connectivity index (χ3v) is 4.26. The van der Waals surface area contributed by atoms with Crippen molar-refractivity contribution in [3.8, 4) is 0 Å². The van der Waals surface area contributed by atoms with Gasteiger partial charge in [0.15, 0.2) is 0 Å². The number of carbonyl (C=O) groups is 1. The molecule has 2 N–H and O–H groups in total. The van der Waals surface area contributed by atoms with Crippen molar-refractivity contribution in [2.75, 3.05) is 26.2 Å². The van der Waals surface area contributed by atoms with E-state index in [4.69, 9.17) is 18.0 Å². The van der Waals surface area contributed by atoms with Crippen molar-refractivity contribution in [1.82, 2.24) is 9.80 Å². The highest BCUT2D eigenvalue weighted by Gasteiger charge is 2.34. The lowest BCUT2D eigenvalue weighted by molar-refractivity contribution is 0.129. The van der Waals surface area contributed by atoms with Crippen LogP contribution in [0.15, 0.2) is 0 Å². The van der Waals surface area contributed by atoms with Gasteiger partial charge in [-0.3, -0.25) is 0 Å². The first-order chi connectivity index (χ1) is 7.94. The molecule has 17 heavy (non-hydrogen) atoms. The lowest BCUT2D eigenvalue weighted by Crippen LogP contribution is -2.50. The topological polar surface area (TPSA) is 49.6 Å². The van der Waals surface area contributed by atoms with Crippen molar-refractivity contribution in [3.05, 3.63) is 0 Å². The van der Waals surface area contributed by atoms with Crippen LogP contribution in [0.25, 0.3) is 0 Å². The first-order valence-electron chi connectivity index (χ1n) is 6.28. The van der Waals surface area contributed by atoms with Gasteiger partial charge in [-0.2, -0.15) is 0 Å². The van der Waals surface area contributed by atoms with Crippen LogP contribution < -0.4 is 5.73 Å². The summed E-state index contributed by atoms with van der Waals surface area (Å²) in [7, 11) is 0. The highest BCUT2D eigenvalue weighted by molar-refractivity contribution is 7.80. The molecule has 98 valence electrons. The van der Waals surface area contributed by atoms with Crippen molar-refractivity contribution in [2.45, 2.75) is 33.6 Å². The Labute approximate surface area is 109 Å². The largest absolute Gasteiger partial charge is 0.393 e. The normalized spacial score (nSPS) is 18.9. The summed E-state index contributed by atoms with van der Waals surface area (Å²) in [6.45, 7) is 9.13. The lowest BCUT2D eigenvalue weighted by Gasteiger charge is -2.40. The van der Waals surface area contributed by atoms with Crippen LogP contribution in [-0.2, 0) is 0 Å². The van der Waals surface area contributed by atoms with Gasteiger partial charge in [-0.05, 0) is 26.7 Å². The molecule has 4 nitrogen and oxygen atoms in total. The van der Waals surface area contributed by atoms with Crippen molar-refractivity contribution in [3.63, 3.8) is 0 Å². The van der Waals surface area contributed by atoms with E-state index in [-0.39, 0.29) is 11.4 Å². The number of rotatable bonds is 3. The number of nitrogens with two attached hydrogens (primary N) is 1. The zero-order valence-corrected chi connectivity index (χ0v) is 11.8. The van der Waals surface area contributed by atoms with Crippen LogP contribution in [0.3, 0.4) is 0 Å². The standard InChI is InChI=1S/C12H23N3OS/c1-4-14(5-2)11(16)15-8-6-12(3,7-9-15)10(13)17/h4-9H2,1-3H3,(H2,13,17). The van der Waals surface area contributed by atoms with Crippen LogP contribution in [0, 0.1) is 5.41 Å². The van der Waals surface area contributed by atoms with Crippen LogP contribution in [0.4, 0.5) is 4.79 Å². The molecule has 1 aliphatic heterocycles. The predicted octanol–water partition coefficient (Wildman–Crippen LogP) is 1.84. The summed E-state index contributed by atoms with van der Waals surface area (Å²) in [5.41, 5.74) is 5.68. The fourth-order valence-corrected chi connectivity index (χ4v) is 2.34. The Morgan fingerprint density at radius 3 is 2.18 bits per heavy atom. The Morgan fingerprint density at radius 2 is 1.82 bits per heavy atom. The van der Waals surface area contributed by atoms with E-state index in [1.165, 1.54) is 0 Å². The summed E-state index contributed by atoms with van der Waals surface area (Å²) in [4.78, 5) is 16.5. The number of piperidine rings is 1. The summed E-state index contributed by atoms with van der Waals surface area (Å²) in [5, 5.41) is 0. The minimum absolute atomic E-state index is 0.0740. The van der Waals surface area contributed by atoms with Crippen LogP contribution in [0.5, 0.6) is 0 Å². The number of nitrogens with zero attached hydrogens (tertiary/aromatic N) is 2. The summed E-state index contributed by atoms with van der Waals surface area (Å²) in [6.07, 6.45) is 1.74. The van der Waals surface area contributed by atoms with Gasteiger partial charge in [0.2, 0.25) is 0 Å². The number of likely N-dealkylation sites (tertiary alicyclic amines) is 1. The monoisotopic (exact) mass is 257 g/mol. The summed E-state index contributed by atoms with van der Waals surface area (Å²) in [6, 6.07) is 0.139. The van der Waals surface area contributed by atoms with Gasteiger partial charge >= 0.3 is 6.03 Å². The van der Waals surface area contributed by atoms with E-state index < -0.39 is 0 Å². The molecule has 0 unspecified atom stereocenters. The molecule has 0 aromatic rings. The number of hydrogen-bond acceptors (Lipinski definition) is 2. The highest BCUT2D eigenvalue weighted by atomic mass is 32.1. The van der Waals surface area contributed by atoms with Gasteiger partial charge in [-0.25, -0.2) is 4.79 Å². The molecule has 0 aromatic carbocycles. The molecule has 1 rings (SSSR count). The number of hydrogen-bond donors (Lipinski definition) is 1. The van der Waals surface area contributed by atoms with Gasteiger partial charge in [0, 0.05) is 31.6 Å². The average molecular weight is 257 g/mol. The number of urea groups is 1. The molecule has 0 atom stereocenters. The van der Waals surface area contributed by atoms with E-state index in [2.05, 4.69) is 6.92 Å². The molecule has 0 bridgehead atoms. The van der Waals surface area contributed by atoms with Gasteiger partial charge in [0.1, 0.15) is 0 Å². The highest BCUT2D eigenvalue weighted by Crippen LogP contribution is 2.31. The Hall–Kier alpha value is -0.840. The van der Waals surface area contributed by atoms with Crippen molar-refractivity contribution in [1.29, 1.82) is 0 Å². The minimum Gasteiger partial charge on any atom is -0.393 e. The molecule has 5 heteroatoms. The molecule has 0 spiro atoms. The lowest BCUT2D eigenvalue weighted by atomic mass is 9.80. The second-order valence-electron chi connectivity index (χ2n) is 4.87. The zero-order valence-electron chi connectivity index (χ0n) is 11.0. The van der Waals surface area contributed by atoms with Gasteiger partial charge in [-0.15, -0.1) is 0 Å². The number of carbonyl (C=O) groups excluding carboxylic acids is 1. The number of thiocarbonyl (C=S) groups is 1. The maximum Gasteiger partial charge on any atom is 0.319 e. The molecule has 1 saturated heterocycles. The van der Waals surface area contributed by atoms with Gasteiger partial charge in [-0.1, -0.05) is 19.1 Å². The van der Waals surface area contributed by atoms with Crippen LogP contribution in [0.1, 0.15) is 33.6 Å².